The van der Waals surface area contributed by atoms with Crippen molar-refractivity contribution in [2.24, 2.45) is 4.99 Å². The zero-order valence-corrected chi connectivity index (χ0v) is 15.4. The average molecular weight is 399 g/mol. The Kier molecular flexibility index (Phi) is 4.47. The molecule has 152 valence electrons. The fourth-order valence-corrected chi connectivity index (χ4v) is 3.72. The summed E-state index contributed by atoms with van der Waals surface area (Å²) in [6.45, 7) is -0.0632. The van der Waals surface area contributed by atoms with E-state index in [1.165, 1.54) is 6.33 Å². The third-order valence-electron chi connectivity index (χ3n) is 5.21. The fourth-order valence-electron chi connectivity index (χ4n) is 3.72. The van der Waals surface area contributed by atoms with Crippen LogP contribution in [-0.4, -0.2) is 62.0 Å². The van der Waals surface area contributed by atoms with Gasteiger partial charge in [-0.1, -0.05) is 30.3 Å². The summed E-state index contributed by atoms with van der Waals surface area (Å²) in [4.78, 5) is 10.9. The Bertz CT molecular complexity index is 946. The highest BCUT2D eigenvalue weighted by Crippen LogP contribution is 2.37. The van der Waals surface area contributed by atoms with Gasteiger partial charge in [-0.2, -0.15) is 0 Å². The van der Waals surface area contributed by atoms with E-state index in [-0.39, 0.29) is 0 Å². The van der Waals surface area contributed by atoms with E-state index in [2.05, 4.69) is 15.3 Å². The predicted molar refractivity (Wildman–Crippen MR) is 102 cm³/mol. The van der Waals surface area contributed by atoms with Crippen LogP contribution in [-0.2, 0) is 16.1 Å². The molecule has 0 aliphatic carbocycles. The van der Waals surface area contributed by atoms with Gasteiger partial charge in [0.05, 0.1) is 12.9 Å². The molecular weight excluding hydrogens is 378 g/mol. The SMILES string of the molecule is OC[C@H]1O[C@@H](n2cnc3c2N2C=CN[C@H]2N=C3OCc2ccccc2)[C@H](O)[C@@H]1O. The molecule has 0 spiro atoms. The van der Waals surface area contributed by atoms with Crippen LogP contribution in [0.1, 0.15) is 17.5 Å². The Hall–Kier alpha value is -2.92. The van der Waals surface area contributed by atoms with Crippen molar-refractivity contribution in [1.82, 2.24) is 14.9 Å². The maximum absolute atomic E-state index is 10.4. The number of aliphatic imine (C=N–C) groups is 1. The average Bonchev–Trinajstić information content (AvgIpc) is 3.45. The van der Waals surface area contributed by atoms with Crippen LogP contribution in [0.2, 0.25) is 0 Å². The van der Waals surface area contributed by atoms with Gasteiger partial charge in [0.1, 0.15) is 24.9 Å². The summed E-state index contributed by atoms with van der Waals surface area (Å²) in [6.07, 6.45) is 0.478. The molecule has 0 amide bonds. The van der Waals surface area contributed by atoms with Gasteiger partial charge in [0.15, 0.2) is 17.7 Å². The Morgan fingerprint density at radius 1 is 1.17 bits per heavy atom. The number of nitrogens with one attached hydrogen (secondary N) is 1. The maximum Gasteiger partial charge on any atom is 0.243 e. The van der Waals surface area contributed by atoms with Crippen LogP contribution in [0.25, 0.3) is 0 Å². The molecule has 1 aromatic carbocycles. The second-order valence-corrected chi connectivity index (χ2v) is 7.02. The van der Waals surface area contributed by atoms with Crippen LogP contribution in [0.4, 0.5) is 5.82 Å². The summed E-state index contributed by atoms with van der Waals surface area (Å²) in [5.74, 6) is 0.982. The molecule has 1 aromatic heterocycles. The third kappa shape index (κ3) is 2.97. The normalized spacial score (nSPS) is 30.0. The van der Waals surface area contributed by atoms with Gasteiger partial charge in [0.2, 0.25) is 12.2 Å². The molecule has 2 aromatic rings. The smallest absolute Gasteiger partial charge is 0.243 e. The molecule has 0 radical (unpaired) electrons. The molecule has 3 aliphatic heterocycles. The number of nitrogens with zero attached hydrogens (tertiary/aromatic N) is 4. The van der Waals surface area contributed by atoms with E-state index in [4.69, 9.17) is 9.47 Å². The lowest BCUT2D eigenvalue weighted by Crippen LogP contribution is -2.41. The van der Waals surface area contributed by atoms with E-state index < -0.39 is 37.4 Å². The first-order chi connectivity index (χ1) is 14.2. The number of anilines is 1. The Morgan fingerprint density at radius 3 is 2.76 bits per heavy atom. The summed E-state index contributed by atoms with van der Waals surface area (Å²) >= 11 is 0. The van der Waals surface area contributed by atoms with Gasteiger partial charge in [-0.05, 0) is 5.56 Å². The van der Waals surface area contributed by atoms with Crippen molar-refractivity contribution in [1.29, 1.82) is 0 Å². The summed E-state index contributed by atoms with van der Waals surface area (Å²) < 4.78 is 13.3. The van der Waals surface area contributed by atoms with Gasteiger partial charge in [-0.25, -0.2) is 9.98 Å². The number of ether oxygens (including phenoxy) is 2. The van der Waals surface area contributed by atoms with Gasteiger partial charge in [-0.15, -0.1) is 0 Å². The van der Waals surface area contributed by atoms with Crippen molar-refractivity contribution in [2.45, 2.75) is 37.4 Å². The van der Waals surface area contributed by atoms with E-state index in [1.807, 2.05) is 35.2 Å². The molecule has 0 saturated carbocycles. The van der Waals surface area contributed by atoms with Crippen molar-refractivity contribution in [2.75, 3.05) is 11.5 Å². The molecule has 5 atom stereocenters. The van der Waals surface area contributed by atoms with E-state index >= 15 is 0 Å². The molecule has 1 saturated heterocycles. The molecule has 5 rings (SSSR count). The number of rotatable bonds is 4. The summed E-state index contributed by atoms with van der Waals surface area (Å²) in [5, 5.41) is 33.1. The highest BCUT2D eigenvalue weighted by molar-refractivity contribution is 5.99. The van der Waals surface area contributed by atoms with E-state index in [9.17, 15) is 15.3 Å². The van der Waals surface area contributed by atoms with Gasteiger partial charge in [-0.3, -0.25) is 9.47 Å². The highest BCUT2D eigenvalue weighted by atomic mass is 16.6. The van der Waals surface area contributed by atoms with Gasteiger partial charge >= 0.3 is 0 Å². The zero-order valence-electron chi connectivity index (χ0n) is 15.4. The topological polar surface area (TPSA) is 125 Å². The summed E-state index contributed by atoms with van der Waals surface area (Å²) in [6, 6.07) is 9.74. The van der Waals surface area contributed by atoms with Crippen molar-refractivity contribution < 1.29 is 24.8 Å². The molecule has 10 nitrogen and oxygen atoms in total. The first-order valence-electron chi connectivity index (χ1n) is 9.32. The lowest BCUT2D eigenvalue weighted by atomic mass is 10.1. The molecule has 1 fully saturated rings. The van der Waals surface area contributed by atoms with Crippen molar-refractivity contribution in [3.63, 3.8) is 0 Å². The predicted octanol–water partition coefficient (Wildman–Crippen LogP) is -0.364. The standard InChI is InChI=1S/C19H21N5O5/c25-8-12-14(26)15(27)18(29-12)24-10-21-13-16(28-9-11-4-2-1-3-5-11)22-19-20-6-7-23(19)17(13)24/h1-7,10,12,14-15,18-20,25-27H,8-9H2/t12-,14-,15-,18-,19+/m1/s1. The molecule has 10 heteroatoms. The van der Waals surface area contributed by atoms with Gasteiger partial charge in [0.25, 0.3) is 0 Å². The number of hydrogen-bond donors (Lipinski definition) is 4. The molecule has 3 aliphatic rings. The molecule has 4 heterocycles. The molecule has 0 unspecified atom stereocenters. The summed E-state index contributed by atoms with van der Waals surface area (Å²) in [7, 11) is 0. The number of imidazole rings is 1. The van der Waals surface area contributed by atoms with Gasteiger partial charge < -0.3 is 30.1 Å². The number of aliphatic hydroxyl groups excluding tert-OH is 3. The largest absolute Gasteiger partial charge is 0.471 e. The Labute approximate surface area is 166 Å². The maximum atomic E-state index is 10.4. The third-order valence-corrected chi connectivity index (χ3v) is 5.21. The van der Waals surface area contributed by atoms with E-state index in [0.29, 0.717) is 24.0 Å². The van der Waals surface area contributed by atoms with Crippen molar-refractivity contribution in [3.05, 3.63) is 60.3 Å². The second-order valence-electron chi connectivity index (χ2n) is 7.02. The highest BCUT2D eigenvalue weighted by Gasteiger charge is 2.46. The van der Waals surface area contributed by atoms with Gasteiger partial charge in [0, 0.05) is 12.4 Å². The van der Waals surface area contributed by atoms with Crippen LogP contribution in [0, 0.1) is 0 Å². The van der Waals surface area contributed by atoms with Crippen LogP contribution >= 0.6 is 0 Å². The van der Waals surface area contributed by atoms with E-state index in [1.54, 1.807) is 17.0 Å². The van der Waals surface area contributed by atoms with Crippen LogP contribution < -0.4 is 10.2 Å². The minimum Gasteiger partial charge on any atom is -0.471 e. The Balaban J connectivity index is 1.47. The quantitative estimate of drug-likeness (QED) is 0.549. The number of aromatic nitrogens is 2. The number of aliphatic hydroxyl groups is 3. The lowest BCUT2D eigenvalue weighted by molar-refractivity contribution is -0.0521. The first-order valence-corrected chi connectivity index (χ1v) is 9.32. The van der Waals surface area contributed by atoms with Crippen molar-refractivity contribution >= 4 is 11.7 Å². The fraction of sp³-hybridized carbons (Fsp3) is 0.368. The molecule has 29 heavy (non-hydrogen) atoms. The molecule has 0 bridgehead atoms. The van der Waals surface area contributed by atoms with Crippen LogP contribution in [0.3, 0.4) is 0 Å². The minimum atomic E-state index is -1.21. The number of fused-ring (bicyclic) bond motifs is 3. The first kappa shape index (κ1) is 18.1. The Morgan fingerprint density at radius 2 is 2.00 bits per heavy atom. The second kappa shape index (κ2) is 7.16. The van der Waals surface area contributed by atoms with Crippen LogP contribution in [0.5, 0.6) is 0 Å². The van der Waals surface area contributed by atoms with Crippen LogP contribution in [0.15, 0.2) is 54.1 Å². The number of hydrogen-bond acceptors (Lipinski definition) is 9. The minimum absolute atomic E-state index is 0.333. The summed E-state index contributed by atoms with van der Waals surface area (Å²) in [5.41, 5.74) is 1.50. The molecular formula is C19H21N5O5. The monoisotopic (exact) mass is 399 g/mol. The number of benzene rings is 1. The zero-order chi connectivity index (χ0) is 20.0. The van der Waals surface area contributed by atoms with E-state index in [0.717, 1.165) is 5.56 Å². The molecule has 4 N–H and O–H groups in total. The van der Waals surface area contributed by atoms with Crippen molar-refractivity contribution in [3.8, 4) is 0 Å². The lowest BCUT2D eigenvalue weighted by Gasteiger charge is -2.30.